The van der Waals surface area contributed by atoms with Crippen LogP contribution in [-0.2, 0) is 9.59 Å². The van der Waals surface area contributed by atoms with Crippen LogP contribution in [0, 0.1) is 5.92 Å². The normalized spacial score (nSPS) is 19.3. The minimum Gasteiger partial charge on any atom is -0.481 e. The molecule has 1 aliphatic heterocycles. The minimum absolute atomic E-state index is 0.0513. The molecule has 0 saturated carbocycles. The highest BCUT2D eigenvalue weighted by Crippen LogP contribution is 2.35. The number of aliphatic carboxylic acids is 1. The number of rotatable bonds is 3. The van der Waals surface area contributed by atoms with Gasteiger partial charge in [0.15, 0.2) is 0 Å². The van der Waals surface area contributed by atoms with Crippen molar-refractivity contribution in [1.29, 1.82) is 0 Å². The molecule has 0 radical (unpaired) electrons. The fourth-order valence-corrected chi connectivity index (χ4v) is 2.73. The second-order valence-electron chi connectivity index (χ2n) is 4.06. The number of benzene rings is 1. The Bertz CT molecular complexity index is 506. The fraction of sp³-hybridized carbons (Fsp3) is 0.333. The lowest BCUT2D eigenvalue weighted by Gasteiger charge is -2.19. The van der Waals surface area contributed by atoms with Gasteiger partial charge in [0.05, 0.1) is 11.6 Å². The third-order valence-electron chi connectivity index (χ3n) is 2.91. The first-order valence-corrected chi connectivity index (χ1v) is 7.00. The van der Waals surface area contributed by atoms with Gasteiger partial charge in [0.25, 0.3) is 0 Å². The summed E-state index contributed by atoms with van der Waals surface area (Å²) in [6.45, 7) is 0.210. The van der Waals surface area contributed by atoms with Crippen LogP contribution in [0.4, 0.5) is 5.69 Å². The highest BCUT2D eigenvalue weighted by Gasteiger charge is 2.35. The third-order valence-corrected chi connectivity index (χ3v) is 3.93. The summed E-state index contributed by atoms with van der Waals surface area (Å²) in [6.07, 6.45) is 1.96. The molecule has 0 bridgehead atoms. The van der Waals surface area contributed by atoms with Crippen molar-refractivity contribution in [1.82, 2.24) is 0 Å². The summed E-state index contributed by atoms with van der Waals surface area (Å²) in [5.74, 6) is -1.73. The summed E-state index contributed by atoms with van der Waals surface area (Å²) in [4.78, 5) is 25.2. The van der Waals surface area contributed by atoms with Gasteiger partial charge in [0.2, 0.25) is 5.91 Å². The number of halogens is 1. The van der Waals surface area contributed by atoms with Crippen molar-refractivity contribution in [3.63, 3.8) is 0 Å². The maximum absolute atomic E-state index is 11.9. The van der Waals surface area contributed by atoms with Gasteiger partial charge in [-0.15, -0.1) is 11.8 Å². The maximum atomic E-state index is 11.9. The Balaban J connectivity index is 2.34. The highest BCUT2D eigenvalue weighted by atomic mass is 35.5. The molecule has 1 aromatic carbocycles. The van der Waals surface area contributed by atoms with Gasteiger partial charge in [0.1, 0.15) is 0 Å². The van der Waals surface area contributed by atoms with E-state index in [2.05, 4.69) is 0 Å². The summed E-state index contributed by atoms with van der Waals surface area (Å²) < 4.78 is 0. The number of carboxylic acid groups (broad SMARTS) is 1. The van der Waals surface area contributed by atoms with E-state index in [1.54, 1.807) is 12.1 Å². The van der Waals surface area contributed by atoms with E-state index in [-0.39, 0.29) is 18.9 Å². The molecule has 4 nitrogen and oxygen atoms in total. The summed E-state index contributed by atoms with van der Waals surface area (Å²) in [5.41, 5.74) is 0.698. The minimum atomic E-state index is -0.932. The Morgan fingerprint density at radius 1 is 1.56 bits per heavy atom. The number of thioether (sulfide) groups is 1. The van der Waals surface area contributed by atoms with Crippen LogP contribution in [0.1, 0.15) is 6.42 Å². The molecule has 18 heavy (non-hydrogen) atoms. The number of amides is 1. The van der Waals surface area contributed by atoms with Gasteiger partial charge < -0.3 is 10.0 Å². The van der Waals surface area contributed by atoms with Crippen LogP contribution in [0.25, 0.3) is 0 Å². The Hall–Kier alpha value is -1.20. The second-order valence-corrected chi connectivity index (χ2v) is 5.34. The smallest absolute Gasteiger partial charge is 0.308 e. The Morgan fingerprint density at radius 2 is 2.28 bits per heavy atom. The summed E-state index contributed by atoms with van der Waals surface area (Å²) >= 11 is 7.44. The summed E-state index contributed by atoms with van der Waals surface area (Å²) in [7, 11) is 0. The standard InChI is InChI=1S/C12H12ClNO3S/c1-18-10-3-2-8(13)5-9(10)14-6-7(12(16)17)4-11(14)15/h2-3,5,7H,4,6H2,1H3,(H,16,17). The highest BCUT2D eigenvalue weighted by molar-refractivity contribution is 7.98. The Morgan fingerprint density at radius 3 is 2.83 bits per heavy atom. The van der Waals surface area contributed by atoms with E-state index in [9.17, 15) is 9.59 Å². The van der Waals surface area contributed by atoms with Gasteiger partial charge >= 0.3 is 5.97 Å². The number of carbonyl (C=O) groups excluding carboxylic acids is 1. The van der Waals surface area contributed by atoms with E-state index >= 15 is 0 Å². The lowest BCUT2D eigenvalue weighted by Crippen LogP contribution is -2.26. The lowest BCUT2D eigenvalue weighted by molar-refractivity contribution is -0.141. The van der Waals surface area contributed by atoms with Crippen LogP contribution < -0.4 is 4.90 Å². The summed E-state index contributed by atoms with van der Waals surface area (Å²) in [6, 6.07) is 5.30. The largest absolute Gasteiger partial charge is 0.481 e. The van der Waals surface area contributed by atoms with Crippen molar-refractivity contribution < 1.29 is 14.7 Å². The van der Waals surface area contributed by atoms with E-state index in [1.165, 1.54) is 16.7 Å². The van der Waals surface area contributed by atoms with Gasteiger partial charge in [-0.1, -0.05) is 11.6 Å². The van der Waals surface area contributed by atoms with Crippen LogP contribution in [0.15, 0.2) is 23.1 Å². The van der Waals surface area contributed by atoms with Gasteiger partial charge in [-0.2, -0.15) is 0 Å². The molecule has 96 valence electrons. The van der Waals surface area contributed by atoms with Crippen LogP contribution in [0.2, 0.25) is 5.02 Å². The monoisotopic (exact) mass is 285 g/mol. The van der Waals surface area contributed by atoms with Crippen LogP contribution in [0.3, 0.4) is 0 Å². The van der Waals surface area contributed by atoms with Gasteiger partial charge in [-0.3, -0.25) is 9.59 Å². The first-order chi connectivity index (χ1) is 8.52. The van der Waals surface area contributed by atoms with Crippen molar-refractivity contribution in [2.24, 2.45) is 5.92 Å². The van der Waals surface area contributed by atoms with Gasteiger partial charge in [0, 0.05) is 22.9 Å². The Kier molecular flexibility index (Phi) is 3.82. The average molecular weight is 286 g/mol. The number of nitrogens with zero attached hydrogens (tertiary/aromatic N) is 1. The molecule has 1 saturated heterocycles. The van der Waals surface area contributed by atoms with E-state index in [1.807, 2.05) is 12.3 Å². The molecule has 1 N–H and O–H groups in total. The zero-order valence-electron chi connectivity index (χ0n) is 9.72. The quantitative estimate of drug-likeness (QED) is 0.867. The predicted octanol–water partition coefficient (Wildman–Crippen LogP) is 2.50. The molecule has 1 heterocycles. The zero-order chi connectivity index (χ0) is 13.3. The summed E-state index contributed by atoms with van der Waals surface area (Å²) in [5, 5.41) is 9.50. The van der Waals surface area contributed by atoms with Crippen molar-refractivity contribution in [2.45, 2.75) is 11.3 Å². The molecule has 0 spiro atoms. The molecule has 1 fully saturated rings. The Labute approximate surface area is 114 Å². The molecule has 2 rings (SSSR count). The number of carboxylic acids is 1. The van der Waals surface area contributed by atoms with E-state index in [0.29, 0.717) is 10.7 Å². The number of anilines is 1. The molecule has 1 amide bonds. The molecule has 1 aromatic rings. The SMILES string of the molecule is CSc1ccc(Cl)cc1N1CC(C(=O)O)CC1=O. The number of hydrogen-bond acceptors (Lipinski definition) is 3. The van der Waals surface area contributed by atoms with Crippen molar-refractivity contribution >= 4 is 40.9 Å². The zero-order valence-corrected chi connectivity index (χ0v) is 11.3. The molecule has 1 unspecified atom stereocenters. The van der Waals surface area contributed by atoms with Crippen LogP contribution >= 0.6 is 23.4 Å². The predicted molar refractivity (Wildman–Crippen MR) is 71.3 cm³/mol. The number of carbonyl (C=O) groups is 2. The average Bonchev–Trinajstić information content (AvgIpc) is 2.71. The lowest BCUT2D eigenvalue weighted by atomic mass is 10.1. The van der Waals surface area contributed by atoms with Crippen LogP contribution in [0.5, 0.6) is 0 Å². The fourth-order valence-electron chi connectivity index (χ4n) is 1.98. The van der Waals surface area contributed by atoms with Crippen LogP contribution in [-0.4, -0.2) is 29.8 Å². The first kappa shape index (κ1) is 13.2. The third kappa shape index (κ3) is 2.47. The number of hydrogen-bond donors (Lipinski definition) is 1. The second kappa shape index (κ2) is 5.20. The molecule has 0 aliphatic carbocycles. The van der Waals surface area contributed by atoms with E-state index < -0.39 is 11.9 Å². The van der Waals surface area contributed by atoms with E-state index in [0.717, 1.165) is 4.90 Å². The molecular weight excluding hydrogens is 274 g/mol. The molecule has 1 aliphatic rings. The van der Waals surface area contributed by atoms with Crippen molar-refractivity contribution in [2.75, 3.05) is 17.7 Å². The molecule has 0 aromatic heterocycles. The van der Waals surface area contributed by atoms with Gasteiger partial charge in [-0.25, -0.2) is 0 Å². The van der Waals surface area contributed by atoms with Crippen molar-refractivity contribution in [3.05, 3.63) is 23.2 Å². The molecule has 1 atom stereocenters. The van der Waals surface area contributed by atoms with Gasteiger partial charge in [-0.05, 0) is 24.5 Å². The molecule has 6 heteroatoms. The molecular formula is C12H12ClNO3S. The first-order valence-electron chi connectivity index (χ1n) is 5.39. The maximum Gasteiger partial charge on any atom is 0.308 e. The van der Waals surface area contributed by atoms with Crippen molar-refractivity contribution in [3.8, 4) is 0 Å². The van der Waals surface area contributed by atoms with E-state index in [4.69, 9.17) is 16.7 Å². The topological polar surface area (TPSA) is 57.6 Å².